The van der Waals surface area contributed by atoms with Crippen LogP contribution in [0.25, 0.3) is 0 Å². The quantitative estimate of drug-likeness (QED) is 0.398. The van der Waals surface area contributed by atoms with E-state index in [0.717, 1.165) is 0 Å². The van der Waals surface area contributed by atoms with E-state index in [1.165, 1.54) is 36.2 Å². The molecule has 102 valence electrons. The number of hydrogen-bond acceptors (Lipinski definition) is 0. The lowest BCUT2D eigenvalue weighted by Crippen LogP contribution is -3.00. The highest BCUT2D eigenvalue weighted by atomic mass is 35.5. The van der Waals surface area contributed by atoms with Gasteiger partial charge in [0, 0.05) is 5.56 Å². The molecule has 17 heavy (non-hydrogen) atoms. The van der Waals surface area contributed by atoms with E-state index < -0.39 is 0 Å². The minimum atomic E-state index is 0. The Morgan fingerprint density at radius 3 is 1.59 bits per heavy atom. The van der Waals surface area contributed by atoms with Crippen LogP contribution in [-0.4, -0.2) is 24.1 Å². The number of rotatable bonds is 5. The molecule has 0 fully saturated rings. The van der Waals surface area contributed by atoms with E-state index in [1.54, 1.807) is 0 Å². The number of hydrogen-bond donors (Lipinski definition) is 0. The minimum absolute atomic E-state index is 0. The Morgan fingerprint density at radius 1 is 0.824 bits per heavy atom. The fourth-order valence-electron chi connectivity index (χ4n) is 1.98. The number of halogens is 2. The Morgan fingerprint density at radius 2 is 1.24 bits per heavy atom. The molecule has 0 aliphatic rings. The van der Waals surface area contributed by atoms with Crippen molar-refractivity contribution in [2.45, 2.75) is 27.3 Å². The zero-order chi connectivity index (χ0) is 10.4. The standard InChI is InChI=1S/C13H22N.2ClH.H3P/c1-4-14(5-2,6-3)12-13-10-8-7-9-11-13;;;/h7-11H,4-6,12H2,1-3H3;2*1H;1H3/q+1;;;/p-1. The van der Waals surface area contributed by atoms with Crippen molar-refractivity contribution in [2.24, 2.45) is 0 Å². The summed E-state index contributed by atoms with van der Waals surface area (Å²) in [6.07, 6.45) is 0. The van der Waals surface area contributed by atoms with Gasteiger partial charge >= 0.3 is 0 Å². The van der Waals surface area contributed by atoms with E-state index in [-0.39, 0.29) is 34.7 Å². The van der Waals surface area contributed by atoms with Gasteiger partial charge in [-0.1, -0.05) is 30.3 Å². The molecule has 0 amide bonds. The summed E-state index contributed by atoms with van der Waals surface area (Å²) < 4.78 is 1.20. The zero-order valence-corrected chi connectivity index (χ0v) is 14.9. The molecular formula is C13H26Cl2NP. The normalized spacial score (nSPS) is 9.59. The molecule has 0 aromatic heterocycles. The van der Waals surface area contributed by atoms with Crippen LogP contribution in [0.2, 0.25) is 0 Å². The molecule has 0 radical (unpaired) electrons. The third kappa shape index (κ3) is 6.62. The highest BCUT2D eigenvalue weighted by Gasteiger charge is 2.20. The largest absolute Gasteiger partial charge is 1.00 e. The molecule has 0 spiro atoms. The van der Waals surface area contributed by atoms with Gasteiger partial charge in [-0.3, -0.25) is 0 Å². The highest BCUT2D eigenvalue weighted by Crippen LogP contribution is 2.13. The number of nitrogens with zero attached hydrogens (tertiary/aromatic N) is 1. The Hall–Kier alpha value is 0.190. The highest BCUT2D eigenvalue weighted by molar-refractivity contribution is 6.92. The first-order valence-corrected chi connectivity index (χ1v) is 5.65. The topological polar surface area (TPSA) is 0 Å². The SMILES string of the molecule is CC[N+](CC)(CC)Cc1ccccc1.[Cl-].[Cl-].[PH4+]. The van der Waals surface area contributed by atoms with Crippen molar-refractivity contribution in [2.75, 3.05) is 19.6 Å². The Balaban J connectivity index is -0.000000653. The molecule has 1 aromatic rings. The van der Waals surface area contributed by atoms with E-state index >= 15 is 0 Å². The summed E-state index contributed by atoms with van der Waals surface area (Å²) >= 11 is 0. The summed E-state index contributed by atoms with van der Waals surface area (Å²) in [6, 6.07) is 10.8. The molecule has 1 aromatic carbocycles. The molecule has 1 nitrogen and oxygen atoms in total. The maximum absolute atomic E-state index is 2.29. The van der Waals surface area contributed by atoms with Crippen molar-refractivity contribution in [3.8, 4) is 0 Å². The van der Waals surface area contributed by atoms with Gasteiger partial charge in [-0.05, 0) is 30.7 Å². The van der Waals surface area contributed by atoms with E-state index in [2.05, 4.69) is 51.1 Å². The Labute approximate surface area is 122 Å². The van der Waals surface area contributed by atoms with Crippen LogP contribution in [0.1, 0.15) is 26.3 Å². The van der Waals surface area contributed by atoms with Crippen molar-refractivity contribution in [1.29, 1.82) is 0 Å². The second kappa shape index (κ2) is 11.3. The maximum atomic E-state index is 2.29. The van der Waals surface area contributed by atoms with Crippen LogP contribution < -0.4 is 24.8 Å². The lowest BCUT2D eigenvalue weighted by molar-refractivity contribution is -0.936. The zero-order valence-electron chi connectivity index (χ0n) is 11.4. The molecule has 0 bridgehead atoms. The van der Waals surface area contributed by atoms with Crippen molar-refractivity contribution >= 4 is 9.90 Å². The maximum Gasteiger partial charge on any atom is 0.104 e. The summed E-state index contributed by atoms with van der Waals surface area (Å²) in [7, 11) is 0. The monoisotopic (exact) mass is 297 g/mol. The second-order valence-corrected chi connectivity index (χ2v) is 3.93. The van der Waals surface area contributed by atoms with Crippen LogP contribution >= 0.6 is 9.90 Å². The lowest BCUT2D eigenvalue weighted by atomic mass is 10.2. The summed E-state index contributed by atoms with van der Waals surface area (Å²) in [5.74, 6) is 0. The first kappa shape index (κ1) is 22.4. The molecule has 0 saturated heterocycles. The van der Waals surface area contributed by atoms with Gasteiger partial charge in [-0.25, -0.2) is 0 Å². The molecule has 1 unspecified atom stereocenters. The van der Waals surface area contributed by atoms with Gasteiger partial charge in [0.15, 0.2) is 0 Å². The van der Waals surface area contributed by atoms with Gasteiger partial charge in [-0.2, -0.15) is 0 Å². The van der Waals surface area contributed by atoms with E-state index in [9.17, 15) is 0 Å². The molecule has 0 aliphatic heterocycles. The van der Waals surface area contributed by atoms with Crippen LogP contribution in [0, 0.1) is 0 Å². The molecule has 0 heterocycles. The molecule has 1 rings (SSSR count). The van der Waals surface area contributed by atoms with Crippen LogP contribution in [0.15, 0.2) is 30.3 Å². The number of quaternary nitrogens is 1. The van der Waals surface area contributed by atoms with Crippen LogP contribution in [0.3, 0.4) is 0 Å². The van der Waals surface area contributed by atoms with Crippen molar-refractivity contribution in [1.82, 2.24) is 0 Å². The van der Waals surface area contributed by atoms with E-state index in [0.29, 0.717) is 0 Å². The molecule has 0 saturated carbocycles. The van der Waals surface area contributed by atoms with Crippen LogP contribution in [-0.2, 0) is 6.54 Å². The van der Waals surface area contributed by atoms with Gasteiger partial charge in [0.2, 0.25) is 0 Å². The predicted octanol–water partition coefficient (Wildman–Crippen LogP) is -3.14. The van der Waals surface area contributed by atoms with Gasteiger partial charge in [0.25, 0.3) is 0 Å². The second-order valence-electron chi connectivity index (χ2n) is 3.93. The molecular weight excluding hydrogens is 272 g/mol. The van der Waals surface area contributed by atoms with Gasteiger partial charge in [-0.15, -0.1) is 0 Å². The van der Waals surface area contributed by atoms with Gasteiger partial charge in [0.05, 0.1) is 19.6 Å². The average Bonchev–Trinajstić information content (AvgIpc) is 2.28. The Kier molecular flexibility index (Phi) is 14.9. The smallest absolute Gasteiger partial charge is 0.104 e. The first-order valence-electron chi connectivity index (χ1n) is 5.65. The fourth-order valence-corrected chi connectivity index (χ4v) is 1.98. The molecule has 0 N–H and O–H groups in total. The average molecular weight is 298 g/mol. The summed E-state index contributed by atoms with van der Waals surface area (Å²) in [5, 5.41) is 0. The van der Waals surface area contributed by atoms with Gasteiger partial charge in [0.1, 0.15) is 6.54 Å². The summed E-state index contributed by atoms with van der Waals surface area (Å²) in [5.41, 5.74) is 1.46. The van der Waals surface area contributed by atoms with Crippen molar-refractivity contribution in [3.05, 3.63) is 35.9 Å². The lowest BCUT2D eigenvalue weighted by Gasteiger charge is -2.35. The van der Waals surface area contributed by atoms with Crippen molar-refractivity contribution in [3.63, 3.8) is 0 Å². The minimum Gasteiger partial charge on any atom is -1.00 e. The van der Waals surface area contributed by atoms with Crippen LogP contribution in [0.5, 0.6) is 0 Å². The van der Waals surface area contributed by atoms with E-state index in [1.807, 2.05) is 0 Å². The van der Waals surface area contributed by atoms with Crippen molar-refractivity contribution < 1.29 is 29.3 Å². The Bertz CT molecular complexity index is 255. The molecule has 1 atom stereocenters. The van der Waals surface area contributed by atoms with Crippen LogP contribution in [0.4, 0.5) is 0 Å². The third-order valence-corrected chi connectivity index (χ3v) is 3.37. The molecule has 0 aliphatic carbocycles. The third-order valence-electron chi connectivity index (χ3n) is 3.37. The first-order chi connectivity index (χ1) is 6.76. The summed E-state index contributed by atoms with van der Waals surface area (Å²) in [4.78, 5) is 0. The fraction of sp³-hybridized carbons (Fsp3) is 0.538. The van der Waals surface area contributed by atoms with Gasteiger partial charge < -0.3 is 29.3 Å². The predicted molar refractivity (Wildman–Crippen MR) is 74.5 cm³/mol. The van der Waals surface area contributed by atoms with E-state index in [4.69, 9.17) is 0 Å². The number of benzene rings is 1. The summed E-state index contributed by atoms with van der Waals surface area (Å²) in [6.45, 7) is 11.7. The molecule has 4 heteroatoms.